The van der Waals surface area contributed by atoms with Gasteiger partial charge in [0, 0.05) is 25.7 Å². The molecule has 9 nitrogen and oxygen atoms in total. The van der Waals surface area contributed by atoms with Gasteiger partial charge in [-0.3, -0.25) is 14.4 Å². The number of carbonyl (C=O) groups is 3. The van der Waals surface area contributed by atoms with Crippen LogP contribution in [0.5, 0.6) is 5.75 Å². The van der Waals surface area contributed by atoms with Crippen LogP contribution < -0.4 is 20.7 Å². The Morgan fingerprint density at radius 3 is 2.38 bits per heavy atom. The molecule has 1 aliphatic rings. The van der Waals surface area contributed by atoms with Crippen molar-refractivity contribution in [2.24, 2.45) is 5.92 Å². The van der Waals surface area contributed by atoms with Gasteiger partial charge in [-0.25, -0.2) is 0 Å². The number of benzene rings is 2. The average Bonchev–Trinajstić information content (AvgIpc) is 2.94. The van der Waals surface area contributed by atoms with Crippen molar-refractivity contribution in [1.82, 2.24) is 20.9 Å². The second-order valence-electron chi connectivity index (χ2n) is 9.43. The van der Waals surface area contributed by atoms with Gasteiger partial charge in [0.25, 0.3) is 0 Å². The van der Waals surface area contributed by atoms with Crippen molar-refractivity contribution in [3.8, 4) is 5.75 Å². The summed E-state index contributed by atoms with van der Waals surface area (Å²) in [5, 5.41) is 18.2. The van der Waals surface area contributed by atoms with E-state index in [1.807, 2.05) is 62.4 Å². The molecule has 0 spiro atoms. The minimum atomic E-state index is -1.09. The molecule has 3 unspecified atom stereocenters. The zero-order valence-corrected chi connectivity index (χ0v) is 23.4. The van der Waals surface area contributed by atoms with Crippen LogP contribution in [0.4, 0.5) is 0 Å². The highest BCUT2D eigenvalue weighted by molar-refractivity contribution is 5.92. The highest BCUT2D eigenvalue weighted by atomic mass is 16.5. The van der Waals surface area contributed by atoms with Crippen LogP contribution in [0.2, 0.25) is 0 Å². The molecule has 0 aromatic heterocycles. The molecule has 0 aliphatic carbocycles. The van der Waals surface area contributed by atoms with Crippen molar-refractivity contribution in [2.75, 3.05) is 39.9 Å². The van der Waals surface area contributed by atoms with Crippen LogP contribution in [0.3, 0.4) is 0 Å². The molecule has 4 N–H and O–H groups in total. The molecule has 0 bridgehead atoms. The fourth-order valence-electron chi connectivity index (χ4n) is 3.89. The SMILES string of the molecule is CCC(C)C1NCCOc2ccccc2/C=C/CNC(=O)CNC(=O)C(CO)N(C)C1=O.Cc1ccccc1. The van der Waals surface area contributed by atoms with Crippen LogP contribution in [-0.2, 0) is 14.4 Å². The summed E-state index contributed by atoms with van der Waals surface area (Å²) in [7, 11) is 1.48. The maximum Gasteiger partial charge on any atom is 0.245 e. The van der Waals surface area contributed by atoms with Crippen molar-refractivity contribution < 1.29 is 24.2 Å². The molecule has 1 aliphatic heterocycles. The third-order valence-electron chi connectivity index (χ3n) is 6.49. The number of aryl methyl sites for hydroxylation is 1. The van der Waals surface area contributed by atoms with E-state index in [0.717, 1.165) is 12.0 Å². The predicted octanol–water partition coefficient (Wildman–Crippen LogP) is 2.14. The third kappa shape index (κ3) is 10.5. The molecule has 3 atom stereocenters. The smallest absolute Gasteiger partial charge is 0.245 e. The Bertz CT molecular complexity index is 1080. The summed E-state index contributed by atoms with van der Waals surface area (Å²) in [5.74, 6) is -0.565. The fourth-order valence-corrected chi connectivity index (χ4v) is 3.89. The van der Waals surface area contributed by atoms with Crippen molar-refractivity contribution in [2.45, 2.75) is 39.3 Å². The van der Waals surface area contributed by atoms with Crippen LogP contribution in [-0.4, -0.2) is 79.7 Å². The number of hydrogen-bond donors (Lipinski definition) is 4. The quantitative estimate of drug-likeness (QED) is 0.476. The number of aliphatic hydroxyl groups excluding tert-OH is 1. The zero-order chi connectivity index (χ0) is 28.6. The number of ether oxygens (including phenoxy) is 1. The molecule has 212 valence electrons. The Hall–Kier alpha value is -3.69. The summed E-state index contributed by atoms with van der Waals surface area (Å²) in [5.41, 5.74) is 2.19. The first-order valence-corrected chi connectivity index (χ1v) is 13.3. The molecule has 9 heteroatoms. The predicted molar refractivity (Wildman–Crippen MR) is 153 cm³/mol. The van der Waals surface area contributed by atoms with Crippen molar-refractivity contribution in [3.63, 3.8) is 0 Å². The van der Waals surface area contributed by atoms with Crippen molar-refractivity contribution >= 4 is 23.8 Å². The van der Waals surface area contributed by atoms with E-state index in [0.29, 0.717) is 18.9 Å². The van der Waals surface area contributed by atoms with Gasteiger partial charge < -0.3 is 30.7 Å². The number of likely N-dealkylation sites (N-methyl/N-ethyl adjacent to an activating group) is 1. The number of aliphatic hydroxyl groups is 1. The lowest BCUT2D eigenvalue weighted by atomic mass is 9.97. The number of para-hydroxylation sites is 1. The molecule has 0 fully saturated rings. The van der Waals surface area contributed by atoms with E-state index >= 15 is 0 Å². The van der Waals surface area contributed by atoms with Gasteiger partial charge in [-0.15, -0.1) is 0 Å². The summed E-state index contributed by atoms with van der Waals surface area (Å²) < 4.78 is 5.91. The van der Waals surface area contributed by atoms with E-state index in [4.69, 9.17) is 4.74 Å². The third-order valence-corrected chi connectivity index (χ3v) is 6.49. The Kier molecular flexibility index (Phi) is 13.7. The number of nitrogens with one attached hydrogen (secondary N) is 3. The fraction of sp³-hybridized carbons (Fsp3) is 0.433. The maximum absolute atomic E-state index is 13.2. The Labute approximate surface area is 231 Å². The molecule has 3 rings (SSSR count). The first-order chi connectivity index (χ1) is 18.8. The van der Waals surface area contributed by atoms with Gasteiger partial charge in [-0.1, -0.05) is 86.5 Å². The lowest BCUT2D eigenvalue weighted by Crippen LogP contribution is -2.57. The van der Waals surface area contributed by atoms with Gasteiger partial charge in [0.05, 0.1) is 19.2 Å². The molecule has 3 amide bonds. The molecule has 0 saturated carbocycles. The maximum atomic E-state index is 13.2. The molecule has 2 aromatic carbocycles. The van der Waals surface area contributed by atoms with Gasteiger partial charge in [-0.2, -0.15) is 0 Å². The summed E-state index contributed by atoms with van der Waals surface area (Å²) >= 11 is 0. The van der Waals surface area contributed by atoms with Gasteiger partial charge >= 0.3 is 0 Å². The van der Waals surface area contributed by atoms with Gasteiger partial charge in [-0.05, 0) is 18.9 Å². The molecule has 1 heterocycles. The minimum absolute atomic E-state index is 0.000975. The molecular weight excluding hydrogens is 496 g/mol. The molecule has 0 radical (unpaired) electrons. The van der Waals surface area contributed by atoms with E-state index < -0.39 is 24.6 Å². The van der Waals surface area contributed by atoms with Crippen LogP contribution >= 0.6 is 0 Å². The molecule has 0 saturated heterocycles. The summed E-state index contributed by atoms with van der Waals surface area (Å²) in [6, 6.07) is 16.2. The average molecular weight is 539 g/mol. The van der Waals surface area contributed by atoms with Crippen LogP contribution in [0.1, 0.15) is 31.4 Å². The first-order valence-electron chi connectivity index (χ1n) is 13.3. The molecule has 2 aromatic rings. The second kappa shape index (κ2) is 17.0. The lowest BCUT2D eigenvalue weighted by molar-refractivity contribution is -0.143. The first kappa shape index (κ1) is 31.5. The van der Waals surface area contributed by atoms with E-state index in [2.05, 4.69) is 35.0 Å². The monoisotopic (exact) mass is 538 g/mol. The normalized spacial score (nSPS) is 20.9. The van der Waals surface area contributed by atoms with Crippen molar-refractivity contribution in [1.29, 1.82) is 0 Å². The van der Waals surface area contributed by atoms with E-state index in [1.165, 1.54) is 17.5 Å². The highest BCUT2D eigenvalue weighted by Crippen LogP contribution is 2.19. The summed E-state index contributed by atoms with van der Waals surface area (Å²) in [6.45, 7) is 6.27. The Morgan fingerprint density at radius 2 is 1.74 bits per heavy atom. The van der Waals surface area contributed by atoms with Crippen LogP contribution in [0, 0.1) is 12.8 Å². The van der Waals surface area contributed by atoms with E-state index in [1.54, 1.807) is 6.08 Å². The van der Waals surface area contributed by atoms with Crippen LogP contribution in [0.15, 0.2) is 60.7 Å². The highest BCUT2D eigenvalue weighted by Gasteiger charge is 2.33. The lowest BCUT2D eigenvalue weighted by Gasteiger charge is -2.32. The van der Waals surface area contributed by atoms with E-state index in [-0.39, 0.29) is 30.8 Å². The standard InChI is InChI=1S/C23H34N4O5.C7H8/c1-4-16(2)21-23(31)27(3)18(15-28)22(30)26-14-20(29)24-11-7-9-17-8-5-6-10-19(17)32-13-12-25-21;1-7-5-3-2-4-6-7/h5-10,16,18,21,25,28H,4,11-15H2,1-3H3,(H,24,29)(H,26,30);2-6H,1H3/b9-7+;. The van der Waals surface area contributed by atoms with Gasteiger partial charge in [0.2, 0.25) is 17.7 Å². The number of carbonyl (C=O) groups excluding carboxylic acids is 3. The number of fused-ring (bicyclic) bond motifs is 1. The largest absolute Gasteiger partial charge is 0.492 e. The second-order valence-corrected chi connectivity index (χ2v) is 9.43. The minimum Gasteiger partial charge on any atom is -0.492 e. The topological polar surface area (TPSA) is 120 Å². The van der Waals surface area contributed by atoms with Crippen molar-refractivity contribution in [3.05, 3.63) is 71.8 Å². The molecule has 39 heavy (non-hydrogen) atoms. The van der Waals surface area contributed by atoms with Gasteiger partial charge in [0.15, 0.2) is 0 Å². The van der Waals surface area contributed by atoms with Crippen LogP contribution in [0.25, 0.3) is 6.08 Å². The number of hydrogen-bond acceptors (Lipinski definition) is 6. The number of amides is 3. The summed E-state index contributed by atoms with van der Waals surface area (Å²) in [6.07, 6.45) is 4.40. The Morgan fingerprint density at radius 1 is 1.05 bits per heavy atom. The summed E-state index contributed by atoms with van der Waals surface area (Å²) in [4.78, 5) is 39.0. The number of nitrogens with zero attached hydrogens (tertiary/aromatic N) is 1. The zero-order valence-electron chi connectivity index (χ0n) is 23.4. The number of rotatable bonds is 3. The van der Waals surface area contributed by atoms with E-state index in [9.17, 15) is 19.5 Å². The van der Waals surface area contributed by atoms with Gasteiger partial charge in [0.1, 0.15) is 18.4 Å². The Balaban J connectivity index is 0.000000658. The molecular formula is C30H42N4O5.